The molecule has 0 fully saturated rings. The topological polar surface area (TPSA) is 8.17 Å². The Labute approximate surface area is 207 Å². The molecule has 0 amide bonds. The zero-order valence-corrected chi connectivity index (χ0v) is 20.5. The molecule has 3 aliphatic rings. The molecule has 7 rings (SSSR count). The highest BCUT2D eigenvalue weighted by atomic mass is 15.2. The number of fused-ring (bicyclic) bond motifs is 4. The van der Waals surface area contributed by atoms with Crippen molar-refractivity contribution >= 4 is 27.5 Å². The van der Waals surface area contributed by atoms with E-state index in [4.69, 9.17) is 0 Å². The second-order valence-corrected chi connectivity index (χ2v) is 10.4. The van der Waals surface area contributed by atoms with E-state index >= 15 is 0 Å². The number of anilines is 1. The lowest BCUT2D eigenvalue weighted by Crippen LogP contribution is -2.36. The monoisotopic (exact) mass is 454 g/mol. The lowest BCUT2D eigenvalue weighted by Gasteiger charge is -2.45. The molecule has 1 aromatic heterocycles. The first kappa shape index (κ1) is 20.6. The molecule has 0 bridgehead atoms. The molecule has 3 aromatic carbocycles. The van der Waals surface area contributed by atoms with Gasteiger partial charge in [-0.25, -0.2) is 0 Å². The maximum Gasteiger partial charge on any atom is 0.0545 e. The molecular weight excluding hydrogens is 424 g/mol. The second-order valence-electron chi connectivity index (χ2n) is 10.4. The Balaban J connectivity index is 1.59. The fraction of sp³-hybridized carbons (Fsp3) is 0.212. The molecule has 35 heavy (non-hydrogen) atoms. The minimum Gasteiger partial charge on any atom is -0.314 e. The molecule has 0 saturated heterocycles. The van der Waals surface area contributed by atoms with Crippen LogP contribution in [0.15, 0.2) is 114 Å². The van der Waals surface area contributed by atoms with Crippen LogP contribution < -0.4 is 4.90 Å². The average Bonchev–Trinajstić information content (AvgIpc) is 3.23. The van der Waals surface area contributed by atoms with Gasteiger partial charge < -0.3 is 9.47 Å². The fourth-order valence-electron chi connectivity index (χ4n) is 6.35. The summed E-state index contributed by atoms with van der Waals surface area (Å²) in [5.41, 5.74) is 10.7. The van der Waals surface area contributed by atoms with Gasteiger partial charge in [-0.05, 0) is 73.2 Å². The van der Waals surface area contributed by atoms with Gasteiger partial charge in [0.2, 0.25) is 0 Å². The third-order valence-electron chi connectivity index (χ3n) is 8.04. The summed E-state index contributed by atoms with van der Waals surface area (Å²) < 4.78 is 2.44. The first-order chi connectivity index (χ1) is 17.1. The molecule has 2 aliphatic carbocycles. The van der Waals surface area contributed by atoms with Crippen LogP contribution in [-0.4, -0.2) is 4.57 Å². The van der Waals surface area contributed by atoms with Gasteiger partial charge in [-0.1, -0.05) is 74.5 Å². The molecule has 1 aliphatic heterocycles. The van der Waals surface area contributed by atoms with Crippen molar-refractivity contribution in [3.8, 4) is 5.69 Å². The highest BCUT2D eigenvalue weighted by molar-refractivity contribution is 6.11. The summed E-state index contributed by atoms with van der Waals surface area (Å²) in [6.45, 7) is 4.81. The summed E-state index contributed by atoms with van der Waals surface area (Å²) in [5, 5.41) is 2.63. The highest BCUT2D eigenvalue weighted by Crippen LogP contribution is 2.51. The average molecular weight is 455 g/mol. The van der Waals surface area contributed by atoms with Gasteiger partial charge in [0.05, 0.1) is 16.7 Å². The van der Waals surface area contributed by atoms with E-state index in [0.717, 1.165) is 25.7 Å². The van der Waals surface area contributed by atoms with Gasteiger partial charge in [-0.2, -0.15) is 0 Å². The Morgan fingerprint density at radius 3 is 2.37 bits per heavy atom. The van der Waals surface area contributed by atoms with Crippen LogP contribution >= 0.6 is 0 Å². The van der Waals surface area contributed by atoms with Crippen LogP contribution in [0.4, 0.5) is 5.69 Å². The molecule has 2 nitrogen and oxygen atoms in total. The molecule has 0 saturated carbocycles. The van der Waals surface area contributed by atoms with Crippen LogP contribution in [0.5, 0.6) is 0 Å². The fourth-order valence-corrected chi connectivity index (χ4v) is 6.35. The highest BCUT2D eigenvalue weighted by Gasteiger charge is 2.39. The van der Waals surface area contributed by atoms with Gasteiger partial charge >= 0.3 is 0 Å². The molecule has 2 heteroatoms. The largest absolute Gasteiger partial charge is 0.314 e. The van der Waals surface area contributed by atoms with Crippen LogP contribution in [-0.2, 0) is 5.41 Å². The quantitative estimate of drug-likeness (QED) is 0.294. The van der Waals surface area contributed by atoms with Gasteiger partial charge in [0.15, 0.2) is 0 Å². The minimum atomic E-state index is -0.0663. The second kappa shape index (κ2) is 7.61. The maximum atomic E-state index is 2.57. The van der Waals surface area contributed by atoms with E-state index in [0.29, 0.717) is 0 Å². The third-order valence-corrected chi connectivity index (χ3v) is 8.04. The third kappa shape index (κ3) is 2.96. The summed E-state index contributed by atoms with van der Waals surface area (Å²) in [7, 11) is 0. The lowest BCUT2D eigenvalue weighted by atomic mass is 9.71. The van der Waals surface area contributed by atoms with E-state index in [1.807, 2.05) is 0 Å². The van der Waals surface area contributed by atoms with Gasteiger partial charge in [-0.3, -0.25) is 0 Å². The summed E-state index contributed by atoms with van der Waals surface area (Å²) in [6.07, 6.45) is 16.2. The van der Waals surface area contributed by atoms with E-state index < -0.39 is 0 Å². The Morgan fingerprint density at radius 2 is 1.54 bits per heavy atom. The minimum absolute atomic E-state index is 0.0663. The van der Waals surface area contributed by atoms with Crippen LogP contribution in [0.1, 0.15) is 45.1 Å². The maximum absolute atomic E-state index is 2.57. The molecule has 0 unspecified atom stereocenters. The van der Waals surface area contributed by atoms with Gasteiger partial charge in [0.1, 0.15) is 0 Å². The van der Waals surface area contributed by atoms with Crippen molar-refractivity contribution in [3.05, 3.63) is 120 Å². The first-order valence-corrected chi connectivity index (χ1v) is 12.8. The number of allylic oxidation sites excluding steroid dienone is 7. The van der Waals surface area contributed by atoms with Crippen LogP contribution in [0.25, 0.3) is 27.5 Å². The molecular formula is C33H30N2. The first-order valence-electron chi connectivity index (χ1n) is 12.8. The number of hydrogen-bond donors (Lipinski definition) is 0. The van der Waals surface area contributed by atoms with Gasteiger partial charge in [0.25, 0.3) is 0 Å². The predicted octanol–water partition coefficient (Wildman–Crippen LogP) is 8.72. The Hall–Kier alpha value is -3.78. The number of benzene rings is 3. The molecule has 4 aromatic rings. The molecule has 172 valence electrons. The van der Waals surface area contributed by atoms with Crippen LogP contribution in [0.2, 0.25) is 0 Å². The standard InChI is InChI=1S/C33H30N2/c1-33(2)27-18-10-12-20-30(27)35(24-15-7-4-8-16-24)32-21-26-25-17-9-11-19-29(25)34(31(26)22-28(32)33)23-13-5-3-6-14-23/h3,5-7,9-11,13-19,21-22H,4,8,12,20H2,1-2H3. The number of hydrogen-bond acceptors (Lipinski definition) is 1. The Bertz CT molecular complexity index is 1610. The predicted molar refractivity (Wildman–Crippen MR) is 148 cm³/mol. The summed E-state index contributed by atoms with van der Waals surface area (Å²) in [6, 6.07) is 24.6. The number of rotatable bonds is 2. The smallest absolute Gasteiger partial charge is 0.0545 e. The van der Waals surface area contributed by atoms with Crippen molar-refractivity contribution in [2.24, 2.45) is 0 Å². The van der Waals surface area contributed by atoms with Gasteiger partial charge in [-0.15, -0.1) is 0 Å². The number of nitrogens with zero attached hydrogens (tertiary/aromatic N) is 2. The SMILES string of the molecule is CC1(C)C2=C(CCC=C2)N(C2=CCCC=C2)c2cc3c4ccccc4n(-c4ccccc4)c3cc21. The van der Waals surface area contributed by atoms with Crippen molar-refractivity contribution < 1.29 is 0 Å². The summed E-state index contributed by atoms with van der Waals surface area (Å²) in [5.74, 6) is 0. The number of aromatic nitrogens is 1. The van der Waals surface area contributed by atoms with E-state index in [1.165, 1.54) is 55.7 Å². The molecule has 0 atom stereocenters. The molecule has 0 radical (unpaired) electrons. The normalized spacial score (nSPS) is 18.7. The summed E-state index contributed by atoms with van der Waals surface area (Å²) >= 11 is 0. The van der Waals surface area contributed by atoms with Crippen LogP contribution in [0, 0.1) is 0 Å². The Kier molecular flexibility index (Phi) is 4.48. The molecule has 2 heterocycles. The summed E-state index contributed by atoms with van der Waals surface area (Å²) in [4.78, 5) is 2.57. The number of para-hydroxylation sites is 2. The van der Waals surface area contributed by atoms with Crippen molar-refractivity contribution in [1.82, 2.24) is 4.57 Å². The van der Waals surface area contributed by atoms with Crippen molar-refractivity contribution in [2.75, 3.05) is 4.90 Å². The van der Waals surface area contributed by atoms with E-state index in [2.05, 4.69) is 120 Å². The van der Waals surface area contributed by atoms with Crippen molar-refractivity contribution in [1.29, 1.82) is 0 Å². The van der Waals surface area contributed by atoms with Crippen LogP contribution in [0.3, 0.4) is 0 Å². The van der Waals surface area contributed by atoms with Gasteiger partial charge in [0, 0.05) is 33.3 Å². The Morgan fingerprint density at radius 1 is 0.743 bits per heavy atom. The lowest BCUT2D eigenvalue weighted by molar-refractivity contribution is 0.601. The van der Waals surface area contributed by atoms with E-state index in [1.54, 1.807) is 0 Å². The van der Waals surface area contributed by atoms with E-state index in [-0.39, 0.29) is 5.41 Å². The molecule has 0 spiro atoms. The van der Waals surface area contributed by atoms with Crippen molar-refractivity contribution in [2.45, 2.75) is 44.9 Å². The molecule has 0 N–H and O–H groups in total. The zero-order chi connectivity index (χ0) is 23.6. The zero-order valence-electron chi connectivity index (χ0n) is 20.5. The van der Waals surface area contributed by atoms with E-state index in [9.17, 15) is 0 Å². The van der Waals surface area contributed by atoms with Crippen molar-refractivity contribution in [3.63, 3.8) is 0 Å².